The van der Waals surface area contributed by atoms with E-state index >= 15 is 0 Å². The Kier molecular flexibility index (Phi) is 6.06. The van der Waals surface area contributed by atoms with Gasteiger partial charge in [0.1, 0.15) is 0 Å². The highest BCUT2D eigenvalue weighted by Gasteiger charge is 1.96. The van der Waals surface area contributed by atoms with Crippen molar-refractivity contribution in [2.75, 3.05) is 24.7 Å². The minimum atomic E-state index is 0.609. The lowest BCUT2D eigenvalue weighted by Crippen LogP contribution is -2.02. The Hall–Kier alpha value is -2.04. The molecule has 2 rings (SSSR count). The maximum absolute atomic E-state index is 5.63. The molecule has 0 amide bonds. The second-order valence-corrected chi connectivity index (χ2v) is 4.94. The highest BCUT2D eigenvalue weighted by molar-refractivity contribution is 5.39. The van der Waals surface area contributed by atoms with Gasteiger partial charge in [-0.05, 0) is 41.8 Å². The number of ether oxygens (including phenoxy) is 2. The second-order valence-electron chi connectivity index (χ2n) is 4.94. The molecule has 21 heavy (non-hydrogen) atoms. The van der Waals surface area contributed by atoms with Crippen molar-refractivity contribution in [2.24, 2.45) is 0 Å². The number of anilines is 2. The van der Waals surface area contributed by atoms with Crippen molar-refractivity contribution < 1.29 is 9.47 Å². The first kappa shape index (κ1) is 15.4. The van der Waals surface area contributed by atoms with Gasteiger partial charge < -0.3 is 20.9 Å². The van der Waals surface area contributed by atoms with Crippen LogP contribution in [0, 0.1) is 0 Å². The number of rotatable bonds is 8. The largest absolute Gasteiger partial charge is 0.399 e. The maximum Gasteiger partial charge on any atom is 0.0716 e. The molecule has 112 valence electrons. The molecule has 0 spiro atoms. The van der Waals surface area contributed by atoms with Crippen LogP contribution in [0.15, 0.2) is 48.5 Å². The van der Waals surface area contributed by atoms with Crippen LogP contribution in [-0.4, -0.2) is 13.2 Å². The van der Waals surface area contributed by atoms with Crippen LogP contribution in [0.5, 0.6) is 0 Å². The van der Waals surface area contributed by atoms with E-state index in [9.17, 15) is 0 Å². The predicted octanol–water partition coefficient (Wildman–Crippen LogP) is 2.97. The minimum absolute atomic E-state index is 0.609. The summed E-state index contributed by atoms with van der Waals surface area (Å²) in [6.07, 6.45) is 0.879. The van der Waals surface area contributed by atoms with Crippen LogP contribution >= 0.6 is 0 Å². The van der Waals surface area contributed by atoms with E-state index in [1.54, 1.807) is 0 Å². The molecule has 0 aliphatic rings. The summed E-state index contributed by atoms with van der Waals surface area (Å²) < 4.78 is 11.2. The number of hydrogen-bond acceptors (Lipinski definition) is 4. The lowest BCUT2D eigenvalue weighted by atomic mass is 10.2. The van der Waals surface area contributed by atoms with E-state index in [4.69, 9.17) is 20.9 Å². The Morgan fingerprint density at radius 1 is 0.619 bits per heavy atom. The van der Waals surface area contributed by atoms with Gasteiger partial charge >= 0.3 is 0 Å². The first-order valence-corrected chi connectivity index (χ1v) is 7.08. The molecular formula is C17H22N2O2. The smallest absolute Gasteiger partial charge is 0.0716 e. The fourth-order valence-corrected chi connectivity index (χ4v) is 1.87. The molecule has 0 aliphatic heterocycles. The molecule has 0 saturated heterocycles. The molecule has 0 bridgehead atoms. The van der Waals surface area contributed by atoms with E-state index < -0.39 is 0 Å². The van der Waals surface area contributed by atoms with Crippen LogP contribution in [-0.2, 0) is 22.7 Å². The van der Waals surface area contributed by atoms with E-state index in [-0.39, 0.29) is 0 Å². The highest BCUT2D eigenvalue weighted by Crippen LogP contribution is 2.08. The molecule has 0 heterocycles. The molecule has 0 saturated carbocycles. The van der Waals surface area contributed by atoms with Crippen LogP contribution in [0.1, 0.15) is 17.5 Å². The molecule has 4 N–H and O–H groups in total. The lowest BCUT2D eigenvalue weighted by molar-refractivity contribution is 0.0695. The van der Waals surface area contributed by atoms with Crippen LogP contribution in [0.25, 0.3) is 0 Å². The van der Waals surface area contributed by atoms with Crippen LogP contribution in [0.2, 0.25) is 0 Å². The Balaban J connectivity index is 1.52. The Morgan fingerprint density at radius 2 is 1.00 bits per heavy atom. The summed E-state index contributed by atoms with van der Waals surface area (Å²) in [6, 6.07) is 15.4. The van der Waals surface area contributed by atoms with Crippen LogP contribution in [0.3, 0.4) is 0 Å². The normalized spacial score (nSPS) is 10.7. The summed E-state index contributed by atoms with van der Waals surface area (Å²) >= 11 is 0. The molecule has 2 aromatic carbocycles. The van der Waals surface area contributed by atoms with Gasteiger partial charge in [-0.3, -0.25) is 0 Å². The van der Waals surface area contributed by atoms with Gasteiger partial charge in [0.25, 0.3) is 0 Å². The van der Waals surface area contributed by atoms with Gasteiger partial charge in [0, 0.05) is 24.6 Å². The Labute approximate surface area is 125 Å². The molecule has 0 unspecified atom stereocenters. The summed E-state index contributed by atoms with van der Waals surface area (Å²) in [5.41, 5.74) is 15.1. The zero-order chi connectivity index (χ0) is 14.9. The summed E-state index contributed by atoms with van der Waals surface area (Å²) in [6.45, 7) is 2.59. The Morgan fingerprint density at radius 3 is 1.38 bits per heavy atom. The summed E-state index contributed by atoms with van der Waals surface area (Å²) in [5, 5.41) is 0. The van der Waals surface area contributed by atoms with E-state index in [2.05, 4.69) is 0 Å². The third-order valence-corrected chi connectivity index (χ3v) is 3.07. The van der Waals surface area contributed by atoms with Crippen molar-refractivity contribution in [1.29, 1.82) is 0 Å². The van der Waals surface area contributed by atoms with Gasteiger partial charge in [0.05, 0.1) is 13.2 Å². The molecule has 0 atom stereocenters. The van der Waals surface area contributed by atoms with Crippen molar-refractivity contribution in [3.05, 3.63) is 59.7 Å². The molecule has 2 aromatic rings. The van der Waals surface area contributed by atoms with E-state index in [1.807, 2.05) is 48.5 Å². The molecule has 0 aromatic heterocycles. The number of nitrogens with two attached hydrogens (primary N) is 2. The topological polar surface area (TPSA) is 70.5 Å². The third kappa shape index (κ3) is 5.85. The molecular weight excluding hydrogens is 264 g/mol. The third-order valence-electron chi connectivity index (χ3n) is 3.07. The van der Waals surface area contributed by atoms with Gasteiger partial charge in [-0.1, -0.05) is 24.3 Å². The average Bonchev–Trinajstić information content (AvgIpc) is 2.50. The summed E-state index contributed by atoms with van der Waals surface area (Å²) in [7, 11) is 0. The van der Waals surface area contributed by atoms with Gasteiger partial charge in [-0.25, -0.2) is 0 Å². The van der Waals surface area contributed by atoms with Crippen LogP contribution < -0.4 is 11.5 Å². The molecule has 0 fully saturated rings. The van der Waals surface area contributed by atoms with Gasteiger partial charge in [-0.15, -0.1) is 0 Å². The number of hydrogen-bond donors (Lipinski definition) is 2. The summed E-state index contributed by atoms with van der Waals surface area (Å²) in [4.78, 5) is 0. The Bertz CT molecular complexity index is 474. The number of benzene rings is 2. The van der Waals surface area contributed by atoms with Crippen molar-refractivity contribution in [3.8, 4) is 0 Å². The zero-order valence-corrected chi connectivity index (χ0v) is 12.1. The lowest BCUT2D eigenvalue weighted by Gasteiger charge is -2.06. The number of nitrogen functional groups attached to an aromatic ring is 2. The van der Waals surface area contributed by atoms with Gasteiger partial charge in [-0.2, -0.15) is 0 Å². The highest BCUT2D eigenvalue weighted by atomic mass is 16.5. The fraction of sp³-hybridized carbons (Fsp3) is 0.294. The van der Waals surface area contributed by atoms with Crippen LogP contribution in [0.4, 0.5) is 11.4 Å². The van der Waals surface area contributed by atoms with E-state index in [1.165, 1.54) is 0 Å². The quantitative estimate of drug-likeness (QED) is 0.578. The van der Waals surface area contributed by atoms with Crippen molar-refractivity contribution >= 4 is 11.4 Å². The van der Waals surface area contributed by atoms with E-state index in [0.717, 1.165) is 28.9 Å². The zero-order valence-electron chi connectivity index (χ0n) is 12.1. The summed E-state index contributed by atoms with van der Waals surface area (Å²) in [5.74, 6) is 0. The predicted molar refractivity (Wildman–Crippen MR) is 85.6 cm³/mol. The molecule has 0 aliphatic carbocycles. The molecule has 0 radical (unpaired) electrons. The minimum Gasteiger partial charge on any atom is -0.399 e. The van der Waals surface area contributed by atoms with Gasteiger partial charge in [0.2, 0.25) is 0 Å². The SMILES string of the molecule is Nc1ccc(COCCCOCc2ccc(N)cc2)cc1. The first-order valence-electron chi connectivity index (χ1n) is 7.08. The fourth-order valence-electron chi connectivity index (χ4n) is 1.87. The van der Waals surface area contributed by atoms with Gasteiger partial charge in [0.15, 0.2) is 0 Å². The monoisotopic (exact) mass is 286 g/mol. The molecule has 4 heteroatoms. The standard InChI is InChI=1S/C17H22N2O2/c18-16-6-2-14(3-7-16)12-20-10-1-11-21-13-15-4-8-17(19)9-5-15/h2-9H,1,10-13,18-19H2. The first-order chi connectivity index (χ1) is 10.2. The molecule has 4 nitrogen and oxygen atoms in total. The maximum atomic E-state index is 5.63. The van der Waals surface area contributed by atoms with Crippen molar-refractivity contribution in [1.82, 2.24) is 0 Å². The van der Waals surface area contributed by atoms with E-state index in [0.29, 0.717) is 26.4 Å². The van der Waals surface area contributed by atoms with Crippen molar-refractivity contribution in [3.63, 3.8) is 0 Å². The second kappa shape index (κ2) is 8.29. The average molecular weight is 286 g/mol. The van der Waals surface area contributed by atoms with Crippen molar-refractivity contribution in [2.45, 2.75) is 19.6 Å².